The summed E-state index contributed by atoms with van der Waals surface area (Å²) in [4.78, 5) is 22.4. The summed E-state index contributed by atoms with van der Waals surface area (Å²) in [5.74, 6) is -0.353. The molecule has 0 aromatic rings. The second-order valence-corrected chi connectivity index (χ2v) is 6.54. The first-order valence-corrected chi connectivity index (χ1v) is 5.30. The van der Waals surface area contributed by atoms with Crippen molar-refractivity contribution in [3.8, 4) is 0 Å². The Labute approximate surface area is 98.0 Å². The smallest absolute Gasteiger partial charge is 0.426 e. The van der Waals surface area contributed by atoms with Crippen molar-refractivity contribution in [2.45, 2.75) is 44.5 Å². The molecule has 0 saturated carbocycles. The first-order valence-electron chi connectivity index (χ1n) is 4.51. The topological polar surface area (TPSA) is 67.4 Å². The van der Waals surface area contributed by atoms with E-state index in [0.717, 1.165) is 0 Å². The van der Waals surface area contributed by atoms with Crippen LogP contribution in [0.4, 0.5) is 4.79 Å². The molecule has 15 heavy (non-hydrogen) atoms. The normalized spacial score (nSPS) is 11.9. The number of hydrogen-bond donors (Lipinski definition) is 2. The van der Waals surface area contributed by atoms with E-state index >= 15 is 0 Å². The molecular formula is C9H17BrN2O3. The Kier molecular flexibility index (Phi) is 4.58. The first-order chi connectivity index (χ1) is 6.52. The third-order valence-corrected chi connectivity index (χ3v) is 1.58. The SMILES string of the molecule is CC(C)(C)OC(=O)NNC(=O)C(C)(C)Br. The summed E-state index contributed by atoms with van der Waals surface area (Å²) in [6.07, 6.45) is -0.687. The van der Waals surface area contributed by atoms with Crippen LogP contribution in [-0.4, -0.2) is 21.9 Å². The van der Waals surface area contributed by atoms with E-state index in [1.165, 1.54) is 0 Å². The van der Waals surface area contributed by atoms with Gasteiger partial charge < -0.3 is 4.74 Å². The highest BCUT2D eigenvalue weighted by Gasteiger charge is 2.24. The molecule has 0 aromatic heterocycles. The summed E-state index contributed by atoms with van der Waals surface area (Å²) in [7, 11) is 0. The van der Waals surface area contributed by atoms with Crippen molar-refractivity contribution in [2.75, 3.05) is 0 Å². The van der Waals surface area contributed by atoms with Gasteiger partial charge >= 0.3 is 6.09 Å². The summed E-state index contributed by atoms with van der Waals surface area (Å²) in [5, 5.41) is 0. The average Bonchev–Trinajstić information content (AvgIpc) is 1.94. The van der Waals surface area contributed by atoms with Gasteiger partial charge in [0.1, 0.15) is 9.93 Å². The summed E-state index contributed by atoms with van der Waals surface area (Å²) in [6.45, 7) is 8.55. The van der Waals surface area contributed by atoms with Crippen molar-refractivity contribution in [3.05, 3.63) is 0 Å². The molecule has 0 aliphatic heterocycles. The van der Waals surface area contributed by atoms with Crippen LogP contribution in [0.15, 0.2) is 0 Å². The van der Waals surface area contributed by atoms with Crippen LogP contribution in [0.2, 0.25) is 0 Å². The maximum Gasteiger partial charge on any atom is 0.426 e. The zero-order valence-corrected chi connectivity index (χ0v) is 11.2. The number of nitrogens with one attached hydrogen (secondary N) is 2. The third kappa shape index (κ3) is 7.18. The van der Waals surface area contributed by atoms with Crippen molar-refractivity contribution in [1.29, 1.82) is 0 Å². The predicted octanol–water partition coefficient (Wildman–Crippen LogP) is 1.72. The van der Waals surface area contributed by atoms with E-state index in [1.807, 2.05) is 0 Å². The quantitative estimate of drug-likeness (QED) is 0.568. The molecule has 0 aliphatic rings. The van der Waals surface area contributed by atoms with E-state index in [0.29, 0.717) is 0 Å². The maximum atomic E-state index is 11.3. The lowest BCUT2D eigenvalue weighted by Gasteiger charge is -2.21. The highest BCUT2D eigenvalue weighted by molar-refractivity contribution is 9.10. The van der Waals surface area contributed by atoms with Crippen LogP contribution in [0.25, 0.3) is 0 Å². The second-order valence-electron chi connectivity index (χ2n) is 4.55. The first kappa shape index (κ1) is 14.2. The molecule has 2 amide bonds. The standard InChI is InChI=1S/C9H17BrN2O3/c1-8(2,3)15-7(14)12-11-6(13)9(4,5)10/h1-5H3,(H,11,13)(H,12,14). The van der Waals surface area contributed by atoms with E-state index < -0.39 is 16.0 Å². The minimum Gasteiger partial charge on any atom is -0.443 e. The van der Waals surface area contributed by atoms with E-state index in [1.54, 1.807) is 34.6 Å². The summed E-state index contributed by atoms with van der Waals surface area (Å²) < 4.78 is 4.19. The van der Waals surface area contributed by atoms with Crippen molar-refractivity contribution in [2.24, 2.45) is 0 Å². The predicted molar refractivity (Wildman–Crippen MR) is 60.5 cm³/mol. The van der Waals surface area contributed by atoms with Gasteiger partial charge in [0.2, 0.25) is 0 Å². The molecule has 6 heteroatoms. The van der Waals surface area contributed by atoms with E-state index in [9.17, 15) is 9.59 Å². The molecular weight excluding hydrogens is 264 g/mol. The fourth-order valence-corrected chi connectivity index (χ4v) is 0.659. The minimum atomic E-state index is -0.734. The molecule has 0 bridgehead atoms. The molecule has 0 atom stereocenters. The highest BCUT2D eigenvalue weighted by Crippen LogP contribution is 2.14. The molecule has 0 unspecified atom stereocenters. The van der Waals surface area contributed by atoms with Gasteiger partial charge in [-0.2, -0.15) is 0 Å². The number of halogens is 1. The zero-order chi connectivity index (χ0) is 12.3. The highest BCUT2D eigenvalue weighted by atomic mass is 79.9. The van der Waals surface area contributed by atoms with Crippen molar-refractivity contribution >= 4 is 27.9 Å². The molecule has 5 nitrogen and oxygen atoms in total. The molecule has 0 aliphatic carbocycles. The van der Waals surface area contributed by atoms with Gasteiger partial charge in [-0.05, 0) is 34.6 Å². The Hall–Kier alpha value is -0.780. The monoisotopic (exact) mass is 280 g/mol. The van der Waals surface area contributed by atoms with E-state index in [4.69, 9.17) is 4.74 Å². The van der Waals surface area contributed by atoms with Crippen LogP contribution < -0.4 is 10.9 Å². The van der Waals surface area contributed by atoms with Crippen molar-refractivity contribution < 1.29 is 14.3 Å². The number of ether oxygens (including phenoxy) is 1. The lowest BCUT2D eigenvalue weighted by molar-refractivity contribution is -0.123. The lowest BCUT2D eigenvalue weighted by Crippen LogP contribution is -2.49. The molecule has 0 fully saturated rings. The molecule has 0 aromatic carbocycles. The van der Waals surface area contributed by atoms with Gasteiger partial charge in [0, 0.05) is 0 Å². The van der Waals surface area contributed by atoms with Crippen LogP contribution in [-0.2, 0) is 9.53 Å². The van der Waals surface area contributed by atoms with E-state index in [-0.39, 0.29) is 5.91 Å². The van der Waals surface area contributed by atoms with Crippen LogP contribution in [0.5, 0.6) is 0 Å². The molecule has 0 spiro atoms. The molecule has 0 rings (SSSR count). The van der Waals surface area contributed by atoms with Crippen LogP contribution in [0.1, 0.15) is 34.6 Å². The Morgan fingerprint density at radius 2 is 1.53 bits per heavy atom. The third-order valence-electron chi connectivity index (χ3n) is 1.22. The molecule has 2 N–H and O–H groups in total. The van der Waals surface area contributed by atoms with E-state index in [2.05, 4.69) is 26.8 Å². The van der Waals surface area contributed by atoms with Gasteiger partial charge in [-0.1, -0.05) is 15.9 Å². The molecule has 88 valence electrons. The fourth-order valence-electron chi connectivity index (χ4n) is 0.560. The molecule has 0 radical (unpaired) electrons. The zero-order valence-electron chi connectivity index (χ0n) is 9.60. The average molecular weight is 281 g/mol. The van der Waals surface area contributed by atoms with Crippen LogP contribution >= 0.6 is 15.9 Å². The Balaban J connectivity index is 3.98. The number of carbonyl (C=O) groups excluding carboxylic acids is 2. The summed E-state index contributed by atoms with van der Waals surface area (Å²) in [5.41, 5.74) is 3.80. The van der Waals surface area contributed by atoms with Gasteiger partial charge in [-0.15, -0.1) is 0 Å². The van der Waals surface area contributed by atoms with Crippen LogP contribution in [0.3, 0.4) is 0 Å². The van der Waals surface area contributed by atoms with Gasteiger partial charge in [0.15, 0.2) is 0 Å². The van der Waals surface area contributed by atoms with Gasteiger partial charge in [0.25, 0.3) is 5.91 Å². The summed E-state index contributed by atoms with van der Waals surface area (Å²) >= 11 is 3.15. The number of alkyl halides is 1. The molecule has 0 heterocycles. The van der Waals surface area contributed by atoms with Gasteiger partial charge in [-0.25, -0.2) is 10.2 Å². The van der Waals surface area contributed by atoms with Crippen molar-refractivity contribution in [1.82, 2.24) is 10.9 Å². The number of hydrogen-bond acceptors (Lipinski definition) is 3. The van der Waals surface area contributed by atoms with Crippen molar-refractivity contribution in [3.63, 3.8) is 0 Å². The Bertz CT molecular complexity index is 253. The maximum absolute atomic E-state index is 11.3. The minimum absolute atomic E-state index is 0.353. The number of hydrazine groups is 1. The van der Waals surface area contributed by atoms with Crippen LogP contribution in [0, 0.1) is 0 Å². The summed E-state index contributed by atoms with van der Waals surface area (Å²) in [6, 6.07) is 0. The number of rotatable bonds is 1. The second kappa shape index (κ2) is 4.83. The largest absolute Gasteiger partial charge is 0.443 e. The van der Waals surface area contributed by atoms with Gasteiger partial charge in [0.05, 0.1) is 0 Å². The van der Waals surface area contributed by atoms with Gasteiger partial charge in [-0.3, -0.25) is 10.2 Å². The number of carbonyl (C=O) groups is 2. The Morgan fingerprint density at radius 1 is 1.07 bits per heavy atom. The Morgan fingerprint density at radius 3 is 1.87 bits per heavy atom. The molecule has 0 saturated heterocycles. The lowest BCUT2D eigenvalue weighted by atomic mass is 10.2. The number of amides is 2. The fraction of sp³-hybridized carbons (Fsp3) is 0.778.